The molecule has 6 nitrogen and oxygen atoms in total. The maximum atomic E-state index is 12.0. The Kier molecular flexibility index (Phi) is 5.16. The third-order valence-corrected chi connectivity index (χ3v) is 3.67. The number of anilines is 1. The minimum absolute atomic E-state index is 0.117. The molecule has 0 saturated carbocycles. The van der Waals surface area contributed by atoms with Gasteiger partial charge in [-0.25, -0.2) is 4.79 Å². The monoisotopic (exact) mass is 290 g/mol. The highest BCUT2D eigenvalue weighted by atomic mass is 16.2. The Morgan fingerprint density at radius 1 is 1.43 bits per heavy atom. The average molecular weight is 290 g/mol. The summed E-state index contributed by atoms with van der Waals surface area (Å²) >= 11 is 0. The summed E-state index contributed by atoms with van der Waals surface area (Å²) in [6, 6.07) is 7.04. The molecule has 6 heteroatoms. The van der Waals surface area contributed by atoms with Crippen LogP contribution in [0.1, 0.15) is 31.4 Å². The molecule has 0 aromatic heterocycles. The molecule has 1 aromatic carbocycles. The van der Waals surface area contributed by atoms with Gasteiger partial charge < -0.3 is 21.3 Å². The summed E-state index contributed by atoms with van der Waals surface area (Å²) in [4.78, 5) is 23.6. The van der Waals surface area contributed by atoms with Gasteiger partial charge in [-0.05, 0) is 44.5 Å². The number of piperidine rings is 1. The average Bonchev–Trinajstić information content (AvgIpc) is 2.49. The van der Waals surface area contributed by atoms with Crippen molar-refractivity contribution in [1.29, 1.82) is 0 Å². The molecule has 1 aliphatic heterocycles. The Balaban J connectivity index is 1.94. The maximum Gasteiger partial charge on any atom is 0.319 e. The van der Waals surface area contributed by atoms with Crippen LogP contribution in [0.3, 0.4) is 0 Å². The number of hydrogen-bond donors (Lipinski definition) is 4. The van der Waals surface area contributed by atoms with Crippen LogP contribution in [0.15, 0.2) is 24.3 Å². The third kappa shape index (κ3) is 4.19. The largest absolute Gasteiger partial charge is 0.354 e. The molecule has 1 heterocycles. The summed E-state index contributed by atoms with van der Waals surface area (Å²) in [5.74, 6) is -0.117. The van der Waals surface area contributed by atoms with Crippen LogP contribution in [0.2, 0.25) is 0 Å². The van der Waals surface area contributed by atoms with Crippen molar-refractivity contribution in [2.75, 3.05) is 18.9 Å². The first-order valence-electron chi connectivity index (χ1n) is 7.22. The summed E-state index contributed by atoms with van der Waals surface area (Å²) in [6.07, 6.45) is 1.56. The fourth-order valence-electron chi connectivity index (χ4n) is 2.29. The molecule has 1 aliphatic rings. The molecule has 21 heavy (non-hydrogen) atoms. The number of carbonyl (C=O) groups excluding carboxylic acids is 2. The molecule has 2 rings (SSSR count). The van der Waals surface area contributed by atoms with Crippen LogP contribution in [-0.4, -0.2) is 31.6 Å². The van der Waals surface area contributed by atoms with Gasteiger partial charge in [0.1, 0.15) is 6.04 Å². The Hall–Kier alpha value is -2.08. The molecule has 1 fully saturated rings. The van der Waals surface area contributed by atoms with Gasteiger partial charge in [0.05, 0.1) is 0 Å². The van der Waals surface area contributed by atoms with E-state index in [1.807, 2.05) is 38.2 Å². The zero-order valence-corrected chi connectivity index (χ0v) is 12.4. The number of carbonyl (C=O) groups is 2. The minimum atomic E-state index is -0.446. The first kappa shape index (κ1) is 15.3. The topological polar surface area (TPSA) is 82.3 Å². The van der Waals surface area contributed by atoms with Gasteiger partial charge in [0.15, 0.2) is 0 Å². The molecule has 3 amide bonds. The Morgan fingerprint density at radius 2 is 2.24 bits per heavy atom. The second-order valence-electron chi connectivity index (χ2n) is 5.22. The standard InChI is InChI=1S/C15H22N4O2/c1-10(16-2)11-5-3-6-12(9-11)18-15(21)19-13-7-4-8-17-14(13)20/h3,5-6,9-10,13,16H,4,7-8H2,1-2H3,(H,17,20)(H2,18,19,21). The van der Waals surface area contributed by atoms with Crippen molar-refractivity contribution in [2.24, 2.45) is 0 Å². The van der Waals surface area contributed by atoms with Gasteiger partial charge in [0, 0.05) is 18.3 Å². The predicted molar refractivity (Wildman–Crippen MR) is 82.1 cm³/mol. The second-order valence-corrected chi connectivity index (χ2v) is 5.22. The van der Waals surface area contributed by atoms with Gasteiger partial charge in [-0.15, -0.1) is 0 Å². The van der Waals surface area contributed by atoms with E-state index in [1.165, 1.54) is 0 Å². The van der Waals surface area contributed by atoms with Crippen LogP contribution in [0.4, 0.5) is 10.5 Å². The van der Waals surface area contributed by atoms with E-state index in [9.17, 15) is 9.59 Å². The summed E-state index contributed by atoms with van der Waals surface area (Å²) in [5.41, 5.74) is 1.80. The predicted octanol–water partition coefficient (Wildman–Crippen LogP) is 1.37. The molecule has 114 valence electrons. The van der Waals surface area contributed by atoms with E-state index in [2.05, 4.69) is 21.3 Å². The summed E-state index contributed by atoms with van der Waals surface area (Å²) < 4.78 is 0. The van der Waals surface area contributed by atoms with Crippen LogP contribution < -0.4 is 21.3 Å². The number of amides is 3. The zero-order chi connectivity index (χ0) is 15.2. The van der Waals surface area contributed by atoms with Crippen molar-refractivity contribution >= 4 is 17.6 Å². The second kappa shape index (κ2) is 7.08. The number of rotatable bonds is 4. The quantitative estimate of drug-likeness (QED) is 0.676. The lowest BCUT2D eigenvalue weighted by molar-refractivity contribution is -0.124. The van der Waals surface area contributed by atoms with E-state index in [4.69, 9.17) is 0 Å². The minimum Gasteiger partial charge on any atom is -0.354 e. The number of benzene rings is 1. The SMILES string of the molecule is CNC(C)c1cccc(NC(=O)NC2CCCNC2=O)c1. The lowest BCUT2D eigenvalue weighted by atomic mass is 10.1. The highest BCUT2D eigenvalue weighted by Gasteiger charge is 2.23. The fourth-order valence-corrected chi connectivity index (χ4v) is 2.29. The van der Waals surface area contributed by atoms with Crippen LogP contribution in [0.5, 0.6) is 0 Å². The van der Waals surface area contributed by atoms with Crippen molar-refractivity contribution in [3.8, 4) is 0 Å². The van der Waals surface area contributed by atoms with E-state index in [0.29, 0.717) is 18.7 Å². The fraction of sp³-hybridized carbons (Fsp3) is 0.467. The number of urea groups is 1. The van der Waals surface area contributed by atoms with Crippen molar-refractivity contribution in [2.45, 2.75) is 31.8 Å². The van der Waals surface area contributed by atoms with E-state index < -0.39 is 6.04 Å². The normalized spacial score (nSPS) is 19.5. The first-order valence-corrected chi connectivity index (χ1v) is 7.22. The van der Waals surface area contributed by atoms with Crippen LogP contribution >= 0.6 is 0 Å². The molecule has 1 saturated heterocycles. The Bertz CT molecular complexity index is 518. The van der Waals surface area contributed by atoms with E-state index in [1.54, 1.807) is 0 Å². The molecule has 0 bridgehead atoms. The zero-order valence-electron chi connectivity index (χ0n) is 12.4. The lowest BCUT2D eigenvalue weighted by Crippen LogP contribution is -2.51. The highest BCUT2D eigenvalue weighted by Crippen LogP contribution is 2.17. The maximum absolute atomic E-state index is 12.0. The molecule has 1 aromatic rings. The first-order chi connectivity index (χ1) is 10.1. The molecule has 2 atom stereocenters. The van der Waals surface area contributed by atoms with E-state index >= 15 is 0 Å². The highest BCUT2D eigenvalue weighted by molar-refractivity contribution is 5.93. The molecular weight excluding hydrogens is 268 g/mol. The summed E-state index contributed by atoms with van der Waals surface area (Å²) in [6.45, 7) is 2.73. The Labute approximate surface area is 124 Å². The van der Waals surface area contributed by atoms with Crippen LogP contribution in [0.25, 0.3) is 0 Å². The van der Waals surface area contributed by atoms with Crippen molar-refractivity contribution in [3.05, 3.63) is 29.8 Å². The van der Waals surface area contributed by atoms with Gasteiger partial charge in [-0.3, -0.25) is 4.79 Å². The number of nitrogens with one attached hydrogen (secondary N) is 4. The van der Waals surface area contributed by atoms with Gasteiger partial charge in [-0.1, -0.05) is 12.1 Å². The third-order valence-electron chi connectivity index (χ3n) is 3.67. The molecule has 0 aliphatic carbocycles. The van der Waals surface area contributed by atoms with Gasteiger partial charge in [0.25, 0.3) is 0 Å². The van der Waals surface area contributed by atoms with Crippen molar-refractivity contribution in [3.63, 3.8) is 0 Å². The van der Waals surface area contributed by atoms with Crippen molar-refractivity contribution < 1.29 is 9.59 Å². The van der Waals surface area contributed by atoms with Crippen LogP contribution in [-0.2, 0) is 4.79 Å². The van der Waals surface area contributed by atoms with E-state index in [0.717, 1.165) is 12.0 Å². The van der Waals surface area contributed by atoms with Crippen molar-refractivity contribution in [1.82, 2.24) is 16.0 Å². The summed E-state index contributed by atoms with van der Waals surface area (Å²) in [5, 5.41) is 11.4. The molecule has 0 radical (unpaired) electrons. The number of hydrogen-bond acceptors (Lipinski definition) is 3. The molecule has 0 spiro atoms. The molecular formula is C15H22N4O2. The van der Waals surface area contributed by atoms with Crippen LogP contribution in [0, 0.1) is 0 Å². The smallest absolute Gasteiger partial charge is 0.319 e. The van der Waals surface area contributed by atoms with Gasteiger partial charge in [0.2, 0.25) is 5.91 Å². The Morgan fingerprint density at radius 3 is 2.95 bits per heavy atom. The van der Waals surface area contributed by atoms with Gasteiger partial charge in [-0.2, -0.15) is 0 Å². The molecule has 4 N–H and O–H groups in total. The van der Waals surface area contributed by atoms with Gasteiger partial charge >= 0.3 is 6.03 Å². The van der Waals surface area contributed by atoms with E-state index in [-0.39, 0.29) is 18.0 Å². The lowest BCUT2D eigenvalue weighted by Gasteiger charge is -2.23. The molecule has 2 unspecified atom stereocenters. The summed E-state index contributed by atoms with van der Waals surface area (Å²) in [7, 11) is 1.89.